The summed E-state index contributed by atoms with van der Waals surface area (Å²) in [5, 5.41) is 5.49. The van der Waals surface area contributed by atoms with Gasteiger partial charge >= 0.3 is 7.12 Å². The standard InChI is InChI=1S/C19H26BClN2O4/c1-13(24)22-12-15(20-26-18(2,3)19(4,5)27-20)10-14-6-8-16(9-7-14)23-17(25)11-21/h6-10H,11-12H2,1-5H3,(H,22,24)(H,23,25). The molecule has 1 saturated heterocycles. The lowest BCUT2D eigenvalue weighted by Crippen LogP contribution is -2.41. The third-order valence-electron chi connectivity index (χ3n) is 4.77. The maximum Gasteiger partial charge on any atom is 0.492 e. The van der Waals surface area contributed by atoms with Crippen LogP contribution in [0.25, 0.3) is 6.08 Å². The third-order valence-corrected chi connectivity index (χ3v) is 5.01. The van der Waals surface area contributed by atoms with Gasteiger partial charge < -0.3 is 19.9 Å². The van der Waals surface area contributed by atoms with E-state index in [4.69, 9.17) is 20.9 Å². The Morgan fingerprint density at radius 3 is 2.15 bits per heavy atom. The Hall–Kier alpha value is -1.83. The fourth-order valence-electron chi connectivity index (χ4n) is 2.49. The fraction of sp³-hybridized carbons (Fsp3) is 0.474. The molecule has 0 aliphatic carbocycles. The predicted octanol–water partition coefficient (Wildman–Crippen LogP) is 3.01. The Morgan fingerprint density at radius 1 is 1.11 bits per heavy atom. The first-order valence-electron chi connectivity index (χ1n) is 8.80. The van der Waals surface area contributed by atoms with Crippen molar-refractivity contribution in [3.05, 3.63) is 35.3 Å². The number of anilines is 1. The number of hydrogen-bond acceptors (Lipinski definition) is 4. The zero-order chi connectivity index (χ0) is 20.2. The highest BCUT2D eigenvalue weighted by atomic mass is 35.5. The Bertz CT molecular complexity index is 716. The van der Waals surface area contributed by atoms with E-state index in [1.54, 1.807) is 12.1 Å². The van der Waals surface area contributed by atoms with Crippen LogP contribution in [0.3, 0.4) is 0 Å². The molecule has 1 aliphatic heterocycles. The predicted molar refractivity (Wildman–Crippen MR) is 109 cm³/mol. The van der Waals surface area contributed by atoms with E-state index < -0.39 is 18.3 Å². The number of carbonyl (C=O) groups excluding carboxylic acids is 2. The number of halogens is 1. The fourth-order valence-corrected chi connectivity index (χ4v) is 2.56. The van der Waals surface area contributed by atoms with E-state index in [-0.39, 0.29) is 17.7 Å². The lowest BCUT2D eigenvalue weighted by molar-refractivity contribution is -0.118. The van der Waals surface area contributed by atoms with E-state index in [1.807, 2.05) is 45.9 Å². The van der Waals surface area contributed by atoms with Crippen molar-refractivity contribution in [3.8, 4) is 0 Å². The molecule has 2 rings (SSSR count). The Balaban J connectivity index is 2.23. The molecule has 0 atom stereocenters. The van der Waals surface area contributed by atoms with Crippen LogP contribution >= 0.6 is 11.6 Å². The van der Waals surface area contributed by atoms with Crippen LogP contribution in [0.1, 0.15) is 40.2 Å². The van der Waals surface area contributed by atoms with Crippen LogP contribution in [0.4, 0.5) is 5.69 Å². The monoisotopic (exact) mass is 392 g/mol. The topological polar surface area (TPSA) is 76.7 Å². The molecule has 8 heteroatoms. The smallest absolute Gasteiger partial charge is 0.400 e. The summed E-state index contributed by atoms with van der Waals surface area (Å²) in [5.41, 5.74) is 1.43. The van der Waals surface area contributed by atoms with Crippen molar-refractivity contribution in [2.45, 2.75) is 45.8 Å². The molecule has 27 heavy (non-hydrogen) atoms. The molecule has 0 bridgehead atoms. The van der Waals surface area contributed by atoms with Gasteiger partial charge in [0.2, 0.25) is 11.8 Å². The second kappa shape index (κ2) is 8.46. The van der Waals surface area contributed by atoms with Gasteiger partial charge in [-0.05, 0) is 50.9 Å². The van der Waals surface area contributed by atoms with Crippen LogP contribution in [-0.2, 0) is 18.9 Å². The molecular formula is C19H26BClN2O4. The number of rotatable bonds is 6. The second-order valence-electron chi connectivity index (χ2n) is 7.52. The maximum absolute atomic E-state index is 11.4. The van der Waals surface area contributed by atoms with E-state index in [2.05, 4.69) is 10.6 Å². The summed E-state index contributed by atoms with van der Waals surface area (Å²) >= 11 is 5.50. The molecular weight excluding hydrogens is 366 g/mol. The molecule has 1 fully saturated rings. The minimum absolute atomic E-state index is 0.0928. The van der Waals surface area contributed by atoms with Crippen LogP contribution in [0.5, 0.6) is 0 Å². The highest BCUT2D eigenvalue weighted by molar-refractivity contribution is 6.56. The minimum atomic E-state index is -0.558. The number of amides is 2. The van der Waals surface area contributed by atoms with Crippen LogP contribution < -0.4 is 10.6 Å². The summed E-state index contributed by atoms with van der Waals surface area (Å²) in [4.78, 5) is 22.7. The first kappa shape index (κ1) is 21.5. The number of carbonyl (C=O) groups is 2. The quantitative estimate of drug-likeness (QED) is 0.576. The number of benzene rings is 1. The molecule has 1 heterocycles. The van der Waals surface area contributed by atoms with E-state index >= 15 is 0 Å². The molecule has 1 aromatic carbocycles. The number of alkyl halides is 1. The van der Waals surface area contributed by atoms with Crippen molar-refractivity contribution in [2.24, 2.45) is 0 Å². The van der Waals surface area contributed by atoms with Gasteiger partial charge in [0, 0.05) is 19.2 Å². The summed E-state index contributed by atoms with van der Waals surface area (Å²) < 4.78 is 12.2. The average Bonchev–Trinajstić information content (AvgIpc) is 2.80. The molecule has 0 aromatic heterocycles. The van der Waals surface area contributed by atoms with Gasteiger partial charge in [0.1, 0.15) is 5.88 Å². The largest absolute Gasteiger partial charge is 0.492 e. The van der Waals surface area contributed by atoms with E-state index in [0.29, 0.717) is 12.2 Å². The highest BCUT2D eigenvalue weighted by Crippen LogP contribution is 2.38. The molecule has 146 valence electrons. The first-order valence-corrected chi connectivity index (χ1v) is 9.34. The van der Waals surface area contributed by atoms with Crippen molar-refractivity contribution < 1.29 is 18.9 Å². The van der Waals surface area contributed by atoms with Crippen LogP contribution in [0, 0.1) is 0 Å². The zero-order valence-corrected chi connectivity index (χ0v) is 17.1. The molecule has 0 saturated carbocycles. The van der Waals surface area contributed by atoms with Crippen molar-refractivity contribution in [2.75, 3.05) is 17.7 Å². The number of hydrogen-bond donors (Lipinski definition) is 2. The molecule has 0 unspecified atom stereocenters. The van der Waals surface area contributed by atoms with Crippen LogP contribution in [-0.4, -0.2) is 42.6 Å². The Kier molecular flexibility index (Phi) is 6.73. The summed E-state index contributed by atoms with van der Waals surface area (Å²) in [6.07, 6.45) is 1.92. The van der Waals surface area contributed by atoms with Gasteiger partial charge in [-0.25, -0.2) is 0 Å². The lowest BCUT2D eigenvalue weighted by atomic mass is 9.77. The van der Waals surface area contributed by atoms with Crippen molar-refractivity contribution in [1.82, 2.24) is 5.32 Å². The Labute approximate surface area is 165 Å². The molecule has 0 spiro atoms. The molecule has 1 aromatic rings. The van der Waals surface area contributed by atoms with Gasteiger partial charge in [-0.2, -0.15) is 0 Å². The summed E-state index contributed by atoms with van der Waals surface area (Å²) in [5.74, 6) is -0.482. The van der Waals surface area contributed by atoms with Crippen molar-refractivity contribution in [3.63, 3.8) is 0 Å². The van der Waals surface area contributed by atoms with Crippen molar-refractivity contribution in [1.29, 1.82) is 0 Å². The minimum Gasteiger partial charge on any atom is -0.400 e. The van der Waals surface area contributed by atoms with Crippen LogP contribution in [0.15, 0.2) is 29.7 Å². The van der Waals surface area contributed by atoms with Crippen molar-refractivity contribution >= 4 is 42.3 Å². The lowest BCUT2D eigenvalue weighted by Gasteiger charge is -2.32. The van der Waals surface area contributed by atoms with Crippen LogP contribution in [0.2, 0.25) is 0 Å². The molecule has 1 aliphatic rings. The first-order chi connectivity index (χ1) is 12.5. The number of nitrogens with one attached hydrogen (secondary N) is 2. The molecule has 2 amide bonds. The van der Waals surface area contributed by atoms with Gasteiger partial charge in [0.05, 0.1) is 11.2 Å². The van der Waals surface area contributed by atoms with Gasteiger partial charge in [-0.1, -0.05) is 18.2 Å². The summed E-state index contributed by atoms with van der Waals surface area (Å²) in [7, 11) is -0.558. The average molecular weight is 393 g/mol. The molecule has 2 N–H and O–H groups in total. The highest BCUT2D eigenvalue weighted by Gasteiger charge is 2.52. The van der Waals surface area contributed by atoms with Gasteiger partial charge in [-0.15, -0.1) is 11.6 Å². The second-order valence-corrected chi connectivity index (χ2v) is 7.79. The SMILES string of the molecule is CC(=O)NCC(=Cc1ccc(NC(=O)CCl)cc1)B1OC(C)(C)C(C)(C)O1. The summed E-state index contributed by atoms with van der Waals surface area (Å²) in [6.45, 7) is 9.72. The van der Waals surface area contributed by atoms with Gasteiger partial charge in [0.15, 0.2) is 0 Å². The van der Waals surface area contributed by atoms with E-state index in [9.17, 15) is 9.59 Å². The molecule has 0 radical (unpaired) electrons. The Morgan fingerprint density at radius 2 is 1.67 bits per heavy atom. The third kappa shape index (κ3) is 5.58. The van der Waals surface area contributed by atoms with Gasteiger partial charge in [0.25, 0.3) is 0 Å². The maximum atomic E-state index is 11.4. The normalized spacial score (nSPS) is 18.3. The van der Waals surface area contributed by atoms with E-state index in [0.717, 1.165) is 11.0 Å². The van der Waals surface area contributed by atoms with E-state index in [1.165, 1.54) is 6.92 Å². The zero-order valence-electron chi connectivity index (χ0n) is 16.4. The summed E-state index contributed by atoms with van der Waals surface area (Å²) in [6, 6.07) is 7.30. The molecule has 6 nitrogen and oxygen atoms in total. The van der Waals surface area contributed by atoms with Gasteiger partial charge in [-0.3, -0.25) is 9.59 Å².